The van der Waals surface area contributed by atoms with E-state index in [2.05, 4.69) is 15.3 Å². The highest BCUT2D eigenvalue weighted by Gasteiger charge is 2.43. The minimum absolute atomic E-state index is 0.182. The van der Waals surface area contributed by atoms with E-state index in [1.807, 2.05) is 4.90 Å². The summed E-state index contributed by atoms with van der Waals surface area (Å²) in [6.45, 7) is 0. The van der Waals surface area contributed by atoms with Gasteiger partial charge in [-0.25, -0.2) is 4.99 Å². The van der Waals surface area contributed by atoms with Crippen LogP contribution in [-0.4, -0.2) is 30.5 Å². The fourth-order valence-corrected chi connectivity index (χ4v) is 3.66. The first kappa shape index (κ1) is 16.6. The van der Waals surface area contributed by atoms with Crippen LogP contribution in [0.4, 0.5) is 5.69 Å². The number of amides is 1. The normalized spacial score (nSPS) is 19.7. The van der Waals surface area contributed by atoms with Crippen molar-refractivity contribution in [3.05, 3.63) is 28.8 Å². The maximum absolute atomic E-state index is 12.3. The van der Waals surface area contributed by atoms with E-state index in [0.29, 0.717) is 16.3 Å². The van der Waals surface area contributed by atoms with Crippen LogP contribution in [0.3, 0.4) is 0 Å². The lowest BCUT2D eigenvalue weighted by atomic mass is 9.87. The predicted molar refractivity (Wildman–Crippen MR) is 96.4 cm³/mol. The zero-order valence-electron chi connectivity index (χ0n) is 13.6. The van der Waals surface area contributed by atoms with Crippen LogP contribution < -0.4 is 21.7 Å². The Morgan fingerprint density at radius 2 is 2.00 bits per heavy atom. The highest BCUT2D eigenvalue weighted by Crippen LogP contribution is 2.41. The Morgan fingerprint density at radius 3 is 2.67 bits per heavy atom. The molecule has 1 aromatic rings. The van der Waals surface area contributed by atoms with E-state index in [-0.39, 0.29) is 17.8 Å². The van der Waals surface area contributed by atoms with Crippen LogP contribution in [0.2, 0.25) is 5.02 Å². The van der Waals surface area contributed by atoms with Gasteiger partial charge >= 0.3 is 0 Å². The molecule has 1 aliphatic carbocycles. The van der Waals surface area contributed by atoms with E-state index in [1.165, 1.54) is 0 Å². The zero-order valence-corrected chi connectivity index (χ0v) is 14.3. The van der Waals surface area contributed by atoms with E-state index in [9.17, 15) is 4.79 Å². The smallest absolute Gasteiger partial charge is 0.253 e. The van der Waals surface area contributed by atoms with Gasteiger partial charge in [0.05, 0.1) is 11.3 Å². The van der Waals surface area contributed by atoms with E-state index >= 15 is 0 Å². The van der Waals surface area contributed by atoms with Gasteiger partial charge in [-0.05, 0) is 43.9 Å². The van der Waals surface area contributed by atoms with Crippen LogP contribution >= 0.6 is 11.6 Å². The second-order valence-electron chi connectivity index (χ2n) is 6.06. The molecule has 0 saturated heterocycles. The van der Waals surface area contributed by atoms with E-state index in [1.54, 1.807) is 25.2 Å². The molecule has 0 unspecified atom stereocenters. The molecular formula is C16H21ClN6O. The first-order valence-electron chi connectivity index (χ1n) is 7.98. The second-order valence-corrected chi connectivity index (χ2v) is 6.50. The monoisotopic (exact) mass is 348 g/mol. The number of nitrogens with zero attached hydrogens (tertiary/aromatic N) is 3. The molecule has 1 spiro atoms. The summed E-state index contributed by atoms with van der Waals surface area (Å²) in [4.78, 5) is 22.9. The molecule has 0 aromatic heterocycles. The number of carbonyl (C=O) groups is 1. The van der Waals surface area contributed by atoms with Crippen LogP contribution in [0.25, 0.3) is 0 Å². The molecule has 0 atom stereocenters. The molecule has 1 aromatic carbocycles. The molecule has 5 N–H and O–H groups in total. The minimum Gasteiger partial charge on any atom is -0.369 e. The largest absolute Gasteiger partial charge is 0.369 e. The molecule has 0 radical (unpaired) electrons. The fourth-order valence-electron chi connectivity index (χ4n) is 3.49. The van der Waals surface area contributed by atoms with Gasteiger partial charge in [0.1, 0.15) is 5.66 Å². The number of nitrogens with one attached hydrogen (secondary N) is 1. The van der Waals surface area contributed by atoms with Gasteiger partial charge in [-0.3, -0.25) is 9.69 Å². The number of anilines is 1. The van der Waals surface area contributed by atoms with Crippen LogP contribution in [0.1, 0.15) is 42.5 Å². The lowest BCUT2D eigenvalue weighted by Crippen LogP contribution is -2.58. The summed E-state index contributed by atoms with van der Waals surface area (Å²) >= 11 is 6.09. The van der Waals surface area contributed by atoms with Gasteiger partial charge in [0.15, 0.2) is 0 Å². The number of rotatable bonds is 2. The molecule has 7 nitrogen and oxygen atoms in total. The van der Waals surface area contributed by atoms with Crippen molar-refractivity contribution in [1.29, 1.82) is 0 Å². The van der Waals surface area contributed by atoms with E-state index in [4.69, 9.17) is 23.1 Å². The topological polar surface area (TPSA) is 109 Å². The van der Waals surface area contributed by atoms with Crippen molar-refractivity contribution in [2.75, 3.05) is 11.9 Å². The summed E-state index contributed by atoms with van der Waals surface area (Å²) in [6.07, 6.45) is 4.79. The third-order valence-corrected chi connectivity index (χ3v) is 4.76. The number of halogens is 1. The molecule has 1 heterocycles. The second kappa shape index (κ2) is 6.32. The van der Waals surface area contributed by atoms with E-state index in [0.717, 1.165) is 32.1 Å². The van der Waals surface area contributed by atoms with Crippen LogP contribution in [0, 0.1) is 0 Å². The van der Waals surface area contributed by atoms with Gasteiger partial charge in [-0.1, -0.05) is 18.0 Å². The molecular weight excluding hydrogens is 328 g/mol. The SMILES string of the molecule is CNC(=O)c1cc(Cl)ccc1N1C(N)=NC(N)=NC12CCCCC2. The molecule has 0 bridgehead atoms. The highest BCUT2D eigenvalue weighted by atomic mass is 35.5. The third-order valence-electron chi connectivity index (χ3n) is 4.52. The Bertz CT molecular complexity index is 723. The van der Waals surface area contributed by atoms with Crippen molar-refractivity contribution in [1.82, 2.24) is 5.32 Å². The molecule has 8 heteroatoms. The molecule has 3 rings (SSSR count). The van der Waals surface area contributed by atoms with Crippen molar-refractivity contribution in [3.8, 4) is 0 Å². The maximum atomic E-state index is 12.3. The Balaban J connectivity index is 2.16. The molecule has 1 amide bonds. The van der Waals surface area contributed by atoms with E-state index < -0.39 is 5.66 Å². The van der Waals surface area contributed by atoms with Gasteiger partial charge in [0, 0.05) is 12.1 Å². The zero-order chi connectivity index (χ0) is 17.3. The van der Waals surface area contributed by atoms with Gasteiger partial charge in [-0.15, -0.1) is 0 Å². The quantitative estimate of drug-likeness (QED) is 0.757. The Hall–Kier alpha value is -2.28. The summed E-state index contributed by atoms with van der Waals surface area (Å²) < 4.78 is 0. The number of benzene rings is 1. The number of nitrogens with two attached hydrogens (primary N) is 2. The fraction of sp³-hybridized carbons (Fsp3) is 0.438. The summed E-state index contributed by atoms with van der Waals surface area (Å²) in [5.41, 5.74) is 12.6. The number of guanidine groups is 2. The molecule has 2 aliphatic rings. The average Bonchev–Trinajstić information content (AvgIpc) is 2.55. The lowest BCUT2D eigenvalue weighted by Gasteiger charge is -2.46. The predicted octanol–water partition coefficient (Wildman–Crippen LogP) is 1.81. The first-order chi connectivity index (χ1) is 11.5. The summed E-state index contributed by atoms with van der Waals surface area (Å²) in [5, 5.41) is 3.11. The summed E-state index contributed by atoms with van der Waals surface area (Å²) in [7, 11) is 1.58. The molecule has 24 heavy (non-hydrogen) atoms. The van der Waals surface area contributed by atoms with Gasteiger partial charge in [-0.2, -0.15) is 4.99 Å². The lowest BCUT2D eigenvalue weighted by molar-refractivity contribution is 0.0963. The van der Waals surface area contributed by atoms with Crippen LogP contribution in [0.15, 0.2) is 28.2 Å². The Morgan fingerprint density at radius 1 is 1.29 bits per heavy atom. The van der Waals surface area contributed by atoms with Crippen molar-refractivity contribution < 1.29 is 4.79 Å². The molecule has 1 aliphatic heterocycles. The minimum atomic E-state index is -0.592. The van der Waals surface area contributed by atoms with Crippen molar-refractivity contribution in [2.24, 2.45) is 21.5 Å². The van der Waals surface area contributed by atoms with Gasteiger partial charge in [0.2, 0.25) is 11.9 Å². The Labute approximate surface area is 145 Å². The van der Waals surface area contributed by atoms with Crippen LogP contribution in [0.5, 0.6) is 0 Å². The Kier molecular flexibility index (Phi) is 4.36. The third kappa shape index (κ3) is 2.80. The van der Waals surface area contributed by atoms with Gasteiger partial charge < -0.3 is 16.8 Å². The standard InChI is InChI=1S/C16H21ClN6O/c1-20-13(24)11-9-10(17)5-6-12(11)23-15(19)21-14(18)22-16(23)7-3-2-4-8-16/h5-6,9H,2-4,7-8H2,1H3,(H,20,24)(H4,18,19,21,22). The number of hydrogen-bond donors (Lipinski definition) is 3. The summed E-state index contributed by atoms with van der Waals surface area (Å²) in [6, 6.07) is 5.14. The first-order valence-corrected chi connectivity index (χ1v) is 8.36. The van der Waals surface area contributed by atoms with Gasteiger partial charge in [0.25, 0.3) is 5.91 Å². The molecule has 1 saturated carbocycles. The van der Waals surface area contributed by atoms with Crippen molar-refractivity contribution in [2.45, 2.75) is 37.8 Å². The molecule has 1 fully saturated rings. The highest BCUT2D eigenvalue weighted by molar-refractivity contribution is 6.31. The summed E-state index contributed by atoms with van der Waals surface area (Å²) in [5.74, 6) is 0.187. The van der Waals surface area contributed by atoms with Crippen LogP contribution in [-0.2, 0) is 0 Å². The number of carbonyl (C=O) groups excluding carboxylic acids is 1. The average molecular weight is 349 g/mol. The number of hydrogen-bond acceptors (Lipinski definition) is 6. The number of aliphatic imine (C=N–C) groups is 2. The van der Waals surface area contributed by atoms with Crippen molar-refractivity contribution >= 4 is 35.1 Å². The maximum Gasteiger partial charge on any atom is 0.253 e. The molecule has 128 valence electrons. The van der Waals surface area contributed by atoms with Crippen molar-refractivity contribution in [3.63, 3.8) is 0 Å².